The minimum absolute atomic E-state index is 0.883. The molecular weight excluding hydrogens is 450 g/mol. The third kappa shape index (κ3) is 2.32. The molecule has 0 aliphatic heterocycles. The van der Waals surface area contributed by atoms with Crippen LogP contribution in [0.3, 0.4) is 0 Å². The molecule has 0 saturated heterocycles. The maximum absolute atomic E-state index is 6.07. The van der Waals surface area contributed by atoms with Gasteiger partial charge < -0.3 is 4.42 Å². The number of para-hydroxylation sites is 2. The summed E-state index contributed by atoms with van der Waals surface area (Å²) in [5, 5.41) is 2.19. The van der Waals surface area contributed by atoms with E-state index >= 15 is 0 Å². The van der Waals surface area contributed by atoms with Crippen LogP contribution < -0.4 is 0 Å². The van der Waals surface area contributed by atoms with Gasteiger partial charge in [0.2, 0.25) is 5.78 Å². The fourth-order valence-corrected chi connectivity index (χ4v) is 5.00. The van der Waals surface area contributed by atoms with Gasteiger partial charge in [0, 0.05) is 15.2 Å². The van der Waals surface area contributed by atoms with Crippen LogP contribution in [-0.2, 0) is 0 Å². The van der Waals surface area contributed by atoms with Crippen LogP contribution in [0.2, 0.25) is 0 Å². The fourth-order valence-electron chi connectivity index (χ4n) is 4.64. The lowest BCUT2D eigenvalue weighted by molar-refractivity contribution is 0.669. The van der Waals surface area contributed by atoms with Gasteiger partial charge in [-0.2, -0.15) is 0 Å². The summed E-state index contributed by atoms with van der Waals surface area (Å²) in [6.45, 7) is 2.13. The Balaban J connectivity index is 1.64. The number of rotatable bonds is 1. The van der Waals surface area contributed by atoms with Gasteiger partial charge >= 0.3 is 0 Å². The molecule has 4 aromatic carbocycles. The molecule has 0 bridgehead atoms. The van der Waals surface area contributed by atoms with E-state index in [1.54, 1.807) is 0 Å². The van der Waals surface area contributed by atoms with E-state index < -0.39 is 0 Å². The van der Waals surface area contributed by atoms with Crippen LogP contribution in [0, 0.1) is 6.92 Å². The van der Waals surface area contributed by atoms with Crippen molar-refractivity contribution in [3.8, 4) is 5.69 Å². The molecule has 148 valence electrons. The Labute approximate surface area is 185 Å². The molecule has 0 unspecified atom stereocenters. The summed E-state index contributed by atoms with van der Waals surface area (Å²) in [7, 11) is 0. The summed E-state index contributed by atoms with van der Waals surface area (Å²) in [6, 6.07) is 27.4. The molecule has 31 heavy (non-hydrogen) atoms. The summed E-state index contributed by atoms with van der Waals surface area (Å²) in [4.78, 5) is 5.00. The topological polar surface area (TPSA) is 35.4 Å². The molecule has 0 N–H and O–H groups in total. The lowest BCUT2D eigenvalue weighted by atomic mass is 10.1. The summed E-state index contributed by atoms with van der Waals surface area (Å²) in [6.07, 6.45) is 0. The van der Waals surface area contributed by atoms with Crippen LogP contribution in [0.5, 0.6) is 0 Å². The van der Waals surface area contributed by atoms with Crippen LogP contribution in [0.25, 0.3) is 55.5 Å². The number of imidazole rings is 2. The molecule has 0 atom stereocenters. The summed E-state index contributed by atoms with van der Waals surface area (Å²) >= 11 is 3.59. The number of halogens is 1. The monoisotopic (exact) mass is 465 g/mol. The lowest BCUT2D eigenvalue weighted by Gasteiger charge is -2.06. The maximum atomic E-state index is 6.07. The molecule has 4 nitrogen and oxygen atoms in total. The Hall–Kier alpha value is -3.57. The summed E-state index contributed by atoms with van der Waals surface area (Å²) in [5.41, 5.74) is 8.46. The van der Waals surface area contributed by atoms with Crippen LogP contribution in [0.15, 0.2) is 87.8 Å². The van der Waals surface area contributed by atoms with Gasteiger partial charge in [-0.1, -0.05) is 34.1 Å². The Kier molecular flexibility index (Phi) is 3.31. The molecular formula is C26H16BrN3O. The number of nitrogens with zero attached hydrogens (tertiary/aromatic N) is 3. The SMILES string of the molecule is Cc1ccc2c(c1)n1c3ccccc3nc1n2-c1ccc2oc3ccc(Br)cc3c2c1. The van der Waals surface area contributed by atoms with E-state index in [9.17, 15) is 0 Å². The van der Waals surface area contributed by atoms with Gasteiger partial charge in [0.05, 0.1) is 27.8 Å². The van der Waals surface area contributed by atoms with E-state index in [-0.39, 0.29) is 0 Å². The molecule has 7 rings (SSSR count). The van der Waals surface area contributed by atoms with Gasteiger partial charge in [0.15, 0.2) is 0 Å². The first kappa shape index (κ1) is 17.1. The average Bonchev–Trinajstić information content (AvgIpc) is 3.41. The van der Waals surface area contributed by atoms with Crippen molar-refractivity contribution in [1.29, 1.82) is 0 Å². The van der Waals surface area contributed by atoms with Crippen LogP contribution in [0.4, 0.5) is 0 Å². The van der Waals surface area contributed by atoms with E-state index in [4.69, 9.17) is 9.40 Å². The normalized spacial score (nSPS) is 12.2. The predicted molar refractivity (Wildman–Crippen MR) is 129 cm³/mol. The molecule has 5 heteroatoms. The number of fused-ring (bicyclic) bond motifs is 8. The molecule has 3 aromatic heterocycles. The van der Waals surface area contributed by atoms with Crippen molar-refractivity contribution in [3.63, 3.8) is 0 Å². The maximum Gasteiger partial charge on any atom is 0.220 e. The van der Waals surface area contributed by atoms with Gasteiger partial charge in [-0.15, -0.1) is 0 Å². The van der Waals surface area contributed by atoms with Crippen molar-refractivity contribution < 1.29 is 4.42 Å². The van der Waals surface area contributed by atoms with Crippen LogP contribution in [-0.4, -0.2) is 14.0 Å². The van der Waals surface area contributed by atoms with E-state index in [1.165, 1.54) is 5.56 Å². The zero-order valence-corrected chi connectivity index (χ0v) is 18.2. The van der Waals surface area contributed by atoms with Gasteiger partial charge in [0.1, 0.15) is 11.2 Å². The zero-order valence-electron chi connectivity index (χ0n) is 16.6. The Morgan fingerprint density at radius 2 is 1.58 bits per heavy atom. The first-order chi connectivity index (χ1) is 15.2. The summed E-state index contributed by atoms with van der Waals surface area (Å²) in [5.74, 6) is 0.912. The molecule has 0 saturated carbocycles. The van der Waals surface area contributed by atoms with Crippen LogP contribution >= 0.6 is 15.9 Å². The van der Waals surface area contributed by atoms with Crippen molar-refractivity contribution in [1.82, 2.24) is 14.0 Å². The quantitative estimate of drug-likeness (QED) is 0.253. The van der Waals surface area contributed by atoms with E-state index in [0.29, 0.717) is 0 Å². The molecule has 0 spiro atoms. The predicted octanol–water partition coefficient (Wildman–Crippen LogP) is 7.40. The minimum atomic E-state index is 0.883. The number of furan rings is 1. The van der Waals surface area contributed by atoms with Gasteiger partial charge in [-0.3, -0.25) is 8.97 Å². The Morgan fingerprint density at radius 3 is 2.48 bits per heavy atom. The summed E-state index contributed by atoms with van der Waals surface area (Å²) < 4.78 is 11.6. The van der Waals surface area contributed by atoms with Gasteiger partial charge in [-0.05, 0) is 73.2 Å². The second-order valence-electron chi connectivity index (χ2n) is 7.99. The third-order valence-electron chi connectivity index (χ3n) is 6.03. The molecule has 0 radical (unpaired) electrons. The van der Waals surface area contributed by atoms with Crippen molar-refractivity contribution in [2.24, 2.45) is 0 Å². The van der Waals surface area contributed by atoms with Gasteiger partial charge in [-0.25, -0.2) is 4.98 Å². The lowest BCUT2D eigenvalue weighted by Crippen LogP contribution is -1.94. The third-order valence-corrected chi connectivity index (χ3v) is 6.52. The van der Waals surface area contributed by atoms with Gasteiger partial charge in [0.25, 0.3) is 0 Å². The van der Waals surface area contributed by atoms with Crippen molar-refractivity contribution in [2.45, 2.75) is 6.92 Å². The number of hydrogen-bond acceptors (Lipinski definition) is 2. The van der Waals surface area contributed by atoms with E-state index in [0.717, 1.165) is 59.9 Å². The zero-order chi connectivity index (χ0) is 20.7. The highest BCUT2D eigenvalue weighted by atomic mass is 79.9. The van der Waals surface area contributed by atoms with E-state index in [2.05, 4.69) is 92.5 Å². The number of aromatic nitrogens is 3. The second-order valence-corrected chi connectivity index (χ2v) is 8.90. The largest absolute Gasteiger partial charge is 0.456 e. The molecule has 7 aromatic rings. The average molecular weight is 466 g/mol. The van der Waals surface area contributed by atoms with Crippen LogP contribution in [0.1, 0.15) is 5.56 Å². The molecule has 0 aliphatic carbocycles. The molecule has 0 aliphatic rings. The second kappa shape index (κ2) is 5.99. The first-order valence-corrected chi connectivity index (χ1v) is 11.0. The van der Waals surface area contributed by atoms with Crippen molar-refractivity contribution in [2.75, 3.05) is 0 Å². The molecule has 0 amide bonds. The molecule has 0 fully saturated rings. The molecule has 3 heterocycles. The highest BCUT2D eigenvalue weighted by Gasteiger charge is 2.18. The standard InChI is InChI=1S/C26H16BrN3O/c1-15-6-9-22-23(12-15)30-21-5-3-2-4-20(21)28-26(30)29(22)17-8-11-25-19(14-17)18-13-16(27)7-10-24(18)31-25/h2-14H,1H3. The smallest absolute Gasteiger partial charge is 0.220 e. The minimum Gasteiger partial charge on any atom is -0.456 e. The Bertz CT molecular complexity index is 1820. The Morgan fingerprint density at radius 1 is 0.774 bits per heavy atom. The van der Waals surface area contributed by atoms with Crippen molar-refractivity contribution >= 4 is 65.7 Å². The number of aryl methyl sites for hydroxylation is 1. The number of hydrogen-bond donors (Lipinski definition) is 0. The highest BCUT2D eigenvalue weighted by molar-refractivity contribution is 9.10. The first-order valence-electron chi connectivity index (χ1n) is 10.2. The van der Waals surface area contributed by atoms with Crippen molar-refractivity contribution in [3.05, 3.63) is 88.9 Å². The highest BCUT2D eigenvalue weighted by Crippen LogP contribution is 2.35. The van der Waals surface area contributed by atoms with E-state index in [1.807, 2.05) is 18.2 Å². The number of benzene rings is 4. The fraction of sp³-hybridized carbons (Fsp3) is 0.0385.